The standard InChI is InChI=1S/C6H14N2/c1-5(2)6(7-3)8-4/h5-6,8H,3H2,1-2,4H3. The zero-order valence-corrected chi connectivity index (χ0v) is 5.81. The molecule has 0 saturated carbocycles. The molecule has 0 aromatic heterocycles. The summed E-state index contributed by atoms with van der Waals surface area (Å²) < 4.78 is 0. The molecule has 0 aliphatic carbocycles. The van der Waals surface area contributed by atoms with Gasteiger partial charge in [-0.1, -0.05) is 13.8 Å². The van der Waals surface area contributed by atoms with E-state index >= 15 is 0 Å². The largest absolute Gasteiger partial charge is 0.299 e. The predicted octanol–water partition coefficient (Wildman–Crippen LogP) is 0.889. The minimum atomic E-state index is 0.218. The smallest absolute Gasteiger partial charge is 0.101 e. The highest BCUT2D eigenvalue weighted by Gasteiger charge is 2.04. The summed E-state index contributed by atoms with van der Waals surface area (Å²) >= 11 is 0. The molecule has 0 fully saturated rings. The maximum Gasteiger partial charge on any atom is 0.101 e. The van der Waals surface area contributed by atoms with Crippen molar-refractivity contribution >= 4 is 6.72 Å². The molecule has 0 aromatic carbocycles. The SMILES string of the molecule is C=NC(NC)C(C)C. The van der Waals surface area contributed by atoms with Gasteiger partial charge in [0.1, 0.15) is 6.17 Å². The van der Waals surface area contributed by atoms with Crippen molar-refractivity contribution in [2.75, 3.05) is 7.05 Å². The van der Waals surface area contributed by atoms with Crippen LogP contribution in [0.25, 0.3) is 0 Å². The molecule has 1 unspecified atom stereocenters. The van der Waals surface area contributed by atoms with Crippen LogP contribution in [0.4, 0.5) is 0 Å². The van der Waals surface area contributed by atoms with Gasteiger partial charge < -0.3 is 0 Å². The monoisotopic (exact) mass is 114 g/mol. The number of nitrogens with zero attached hydrogens (tertiary/aromatic N) is 1. The third-order valence-electron chi connectivity index (χ3n) is 1.12. The van der Waals surface area contributed by atoms with Gasteiger partial charge in [0.25, 0.3) is 0 Å². The average molecular weight is 114 g/mol. The highest BCUT2D eigenvalue weighted by molar-refractivity contribution is 5.24. The Morgan fingerprint density at radius 1 is 1.50 bits per heavy atom. The Hall–Kier alpha value is -0.370. The van der Waals surface area contributed by atoms with Gasteiger partial charge in [-0.15, -0.1) is 0 Å². The number of hydrogen-bond acceptors (Lipinski definition) is 2. The number of rotatable bonds is 3. The van der Waals surface area contributed by atoms with Gasteiger partial charge in [0, 0.05) is 0 Å². The summed E-state index contributed by atoms with van der Waals surface area (Å²) in [6, 6.07) is 0. The summed E-state index contributed by atoms with van der Waals surface area (Å²) in [5.74, 6) is 0.539. The van der Waals surface area contributed by atoms with E-state index < -0.39 is 0 Å². The molecule has 0 bridgehead atoms. The molecule has 0 rings (SSSR count). The van der Waals surface area contributed by atoms with E-state index in [1.54, 1.807) is 0 Å². The van der Waals surface area contributed by atoms with Crippen LogP contribution in [0.3, 0.4) is 0 Å². The molecule has 0 aliphatic heterocycles. The zero-order valence-electron chi connectivity index (χ0n) is 5.81. The molecular formula is C6H14N2. The van der Waals surface area contributed by atoms with Gasteiger partial charge in [0.05, 0.1) is 0 Å². The van der Waals surface area contributed by atoms with Crippen molar-refractivity contribution < 1.29 is 0 Å². The van der Waals surface area contributed by atoms with Crippen LogP contribution < -0.4 is 5.32 Å². The van der Waals surface area contributed by atoms with Crippen molar-refractivity contribution in [2.24, 2.45) is 10.9 Å². The Balaban J connectivity index is 3.51. The lowest BCUT2D eigenvalue weighted by Gasteiger charge is -2.13. The third kappa shape index (κ3) is 2.07. The first-order chi connectivity index (χ1) is 3.72. The lowest BCUT2D eigenvalue weighted by atomic mass is 10.2. The molecule has 0 aliphatic rings. The van der Waals surface area contributed by atoms with E-state index in [4.69, 9.17) is 0 Å². The highest BCUT2D eigenvalue weighted by Crippen LogP contribution is 1.99. The maximum atomic E-state index is 3.84. The van der Waals surface area contributed by atoms with Crippen molar-refractivity contribution in [1.82, 2.24) is 5.32 Å². The van der Waals surface area contributed by atoms with Crippen LogP contribution in [-0.4, -0.2) is 19.9 Å². The summed E-state index contributed by atoms with van der Waals surface area (Å²) in [6.45, 7) is 7.65. The van der Waals surface area contributed by atoms with Crippen molar-refractivity contribution in [3.8, 4) is 0 Å². The predicted molar refractivity (Wildman–Crippen MR) is 37.2 cm³/mol. The van der Waals surface area contributed by atoms with E-state index in [9.17, 15) is 0 Å². The van der Waals surface area contributed by atoms with E-state index in [0.29, 0.717) is 5.92 Å². The van der Waals surface area contributed by atoms with Crippen molar-refractivity contribution in [3.05, 3.63) is 0 Å². The minimum absolute atomic E-state index is 0.218. The second kappa shape index (κ2) is 3.61. The fourth-order valence-electron chi connectivity index (χ4n) is 0.635. The summed E-state index contributed by atoms with van der Waals surface area (Å²) in [5, 5.41) is 3.02. The van der Waals surface area contributed by atoms with Gasteiger partial charge in [0.15, 0.2) is 0 Å². The summed E-state index contributed by atoms with van der Waals surface area (Å²) in [6.07, 6.45) is 0.218. The first kappa shape index (κ1) is 7.63. The minimum Gasteiger partial charge on any atom is -0.299 e. The van der Waals surface area contributed by atoms with E-state index in [1.807, 2.05) is 7.05 Å². The van der Waals surface area contributed by atoms with Crippen LogP contribution >= 0.6 is 0 Å². The molecule has 0 radical (unpaired) electrons. The van der Waals surface area contributed by atoms with E-state index in [1.165, 1.54) is 0 Å². The zero-order chi connectivity index (χ0) is 6.57. The van der Waals surface area contributed by atoms with Crippen LogP contribution in [0.5, 0.6) is 0 Å². The highest BCUT2D eigenvalue weighted by atomic mass is 15.0. The molecule has 48 valence electrons. The maximum absolute atomic E-state index is 3.84. The molecule has 1 atom stereocenters. The Morgan fingerprint density at radius 2 is 2.00 bits per heavy atom. The quantitative estimate of drug-likeness (QED) is 0.541. The van der Waals surface area contributed by atoms with Crippen LogP contribution in [0.15, 0.2) is 4.99 Å². The van der Waals surface area contributed by atoms with Gasteiger partial charge in [-0.2, -0.15) is 0 Å². The first-order valence-electron chi connectivity index (χ1n) is 2.85. The van der Waals surface area contributed by atoms with Gasteiger partial charge in [-0.25, -0.2) is 0 Å². The van der Waals surface area contributed by atoms with Crippen LogP contribution in [-0.2, 0) is 0 Å². The van der Waals surface area contributed by atoms with Gasteiger partial charge in [-0.3, -0.25) is 10.3 Å². The Bertz CT molecular complexity index is 68.9. The third-order valence-corrected chi connectivity index (χ3v) is 1.12. The van der Waals surface area contributed by atoms with Crippen LogP contribution in [0, 0.1) is 5.92 Å². The molecule has 2 nitrogen and oxygen atoms in total. The van der Waals surface area contributed by atoms with Crippen LogP contribution in [0.2, 0.25) is 0 Å². The molecule has 0 amide bonds. The molecule has 0 spiro atoms. The van der Waals surface area contributed by atoms with Gasteiger partial charge in [-0.05, 0) is 19.7 Å². The fourth-order valence-corrected chi connectivity index (χ4v) is 0.635. The fraction of sp³-hybridized carbons (Fsp3) is 0.833. The summed E-state index contributed by atoms with van der Waals surface area (Å²) in [7, 11) is 1.89. The molecule has 1 N–H and O–H groups in total. The molecule has 2 heteroatoms. The van der Waals surface area contributed by atoms with Crippen molar-refractivity contribution in [1.29, 1.82) is 0 Å². The van der Waals surface area contributed by atoms with Gasteiger partial charge in [0.2, 0.25) is 0 Å². The Morgan fingerprint density at radius 3 is 2.00 bits per heavy atom. The Labute approximate surface area is 51.0 Å². The molecule has 8 heavy (non-hydrogen) atoms. The number of hydrogen-bond donors (Lipinski definition) is 1. The van der Waals surface area contributed by atoms with Crippen molar-refractivity contribution in [2.45, 2.75) is 20.0 Å². The molecule has 0 heterocycles. The molecular weight excluding hydrogens is 100 g/mol. The van der Waals surface area contributed by atoms with Crippen molar-refractivity contribution in [3.63, 3.8) is 0 Å². The second-order valence-corrected chi connectivity index (χ2v) is 2.16. The Kier molecular flexibility index (Phi) is 3.44. The second-order valence-electron chi connectivity index (χ2n) is 2.16. The summed E-state index contributed by atoms with van der Waals surface area (Å²) in [4.78, 5) is 3.84. The summed E-state index contributed by atoms with van der Waals surface area (Å²) in [5.41, 5.74) is 0. The average Bonchev–Trinajstić information content (AvgIpc) is 1.69. The molecule has 0 saturated heterocycles. The number of nitrogens with one attached hydrogen (secondary N) is 1. The lowest BCUT2D eigenvalue weighted by molar-refractivity contribution is 0.445. The number of aliphatic imine (C=N–C) groups is 1. The molecule has 0 aromatic rings. The normalized spacial score (nSPS) is 14.0. The lowest BCUT2D eigenvalue weighted by Crippen LogP contribution is -2.27. The first-order valence-corrected chi connectivity index (χ1v) is 2.85. The van der Waals surface area contributed by atoms with Gasteiger partial charge >= 0.3 is 0 Å². The topological polar surface area (TPSA) is 24.4 Å². The van der Waals surface area contributed by atoms with E-state index in [0.717, 1.165) is 0 Å². The van der Waals surface area contributed by atoms with E-state index in [2.05, 4.69) is 30.9 Å². The van der Waals surface area contributed by atoms with Crippen LogP contribution in [0.1, 0.15) is 13.8 Å². The van der Waals surface area contributed by atoms with E-state index in [-0.39, 0.29) is 6.17 Å².